The van der Waals surface area contributed by atoms with Gasteiger partial charge in [-0.1, -0.05) is 15.9 Å². The fourth-order valence-electron chi connectivity index (χ4n) is 1.61. The van der Waals surface area contributed by atoms with Gasteiger partial charge in [0.05, 0.1) is 3.57 Å². The van der Waals surface area contributed by atoms with E-state index in [1.807, 2.05) is 22.6 Å². The summed E-state index contributed by atoms with van der Waals surface area (Å²) < 4.78 is 14.9. The number of phenolic OH excluding ortho intramolecular Hbond substituents is 1. The zero-order chi connectivity index (χ0) is 14.7. The van der Waals surface area contributed by atoms with Gasteiger partial charge in [0.1, 0.15) is 11.6 Å². The molecule has 104 valence electrons. The highest BCUT2D eigenvalue weighted by Gasteiger charge is 2.09. The van der Waals surface area contributed by atoms with Gasteiger partial charge in [0.2, 0.25) is 0 Å². The summed E-state index contributed by atoms with van der Waals surface area (Å²) in [6, 6.07) is 9.17. The van der Waals surface area contributed by atoms with E-state index in [0.717, 1.165) is 4.47 Å². The number of hydrogen-bond donors (Lipinski definition) is 2. The van der Waals surface area contributed by atoms with Gasteiger partial charge in [-0.3, -0.25) is 4.79 Å². The van der Waals surface area contributed by atoms with Crippen molar-refractivity contribution in [2.45, 2.75) is 6.54 Å². The lowest BCUT2D eigenvalue weighted by Gasteiger charge is -2.07. The van der Waals surface area contributed by atoms with E-state index in [9.17, 15) is 14.3 Å². The minimum absolute atomic E-state index is 0.0480. The summed E-state index contributed by atoms with van der Waals surface area (Å²) in [5.41, 5.74) is 0.723. The van der Waals surface area contributed by atoms with E-state index in [2.05, 4.69) is 21.2 Å². The number of carbonyl (C=O) groups excluding carboxylic acids is 1. The van der Waals surface area contributed by atoms with Crippen molar-refractivity contribution in [1.29, 1.82) is 0 Å². The van der Waals surface area contributed by atoms with Crippen LogP contribution in [-0.2, 0) is 6.54 Å². The van der Waals surface area contributed by atoms with Crippen LogP contribution in [0.5, 0.6) is 5.75 Å². The summed E-state index contributed by atoms with van der Waals surface area (Å²) >= 11 is 5.22. The number of carbonyl (C=O) groups is 1. The molecule has 0 unspecified atom stereocenters. The van der Waals surface area contributed by atoms with Gasteiger partial charge in [-0.2, -0.15) is 0 Å². The molecule has 2 aromatic rings. The van der Waals surface area contributed by atoms with Crippen LogP contribution in [0.3, 0.4) is 0 Å². The molecule has 0 saturated heterocycles. The molecule has 3 nitrogen and oxygen atoms in total. The lowest BCUT2D eigenvalue weighted by Crippen LogP contribution is -2.23. The van der Waals surface area contributed by atoms with Crippen molar-refractivity contribution in [2.75, 3.05) is 0 Å². The van der Waals surface area contributed by atoms with Crippen molar-refractivity contribution in [3.05, 3.63) is 61.4 Å². The number of nitrogens with one attached hydrogen (secondary N) is 1. The zero-order valence-electron chi connectivity index (χ0n) is 10.2. The Morgan fingerprint density at radius 1 is 1.30 bits per heavy atom. The molecule has 0 heterocycles. The standard InChI is InChI=1S/C14H10BrFINO2/c15-10-2-3-11(16)9(5-10)7-18-14(20)8-1-4-12(17)13(19)6-8/h1-6,19H,7H2,(H,18,20). The number of amides is 1. The van der Waals surface area contributed by atoms with Crippen molar-refractivity contribution in [2.24, 2.45) is 0 Å². The molecule has 2 N–H and O–H groups in total. The monoisotopic (exact) mass is 449 g/mol. The van der Waals surface area contributed by atoms with Crippen LogP contribution in [0.1, 0.15) is 15.9 Å². The maximum absolute atomic E-state index is 13.5. The number of aromatic hydroxyl groups is 1. The Morgan fingerprint density at radius 2 is 2.05 bits per heavy atom. The molecule has 0 aliphatic rings. The number of hydrogen-bond acceptors (Lipinski definition) is 2. The first-order valence-electron chi connectivity index (χ1n) is 5.68. The third-order valence-corrected chi connectivity index (χ3v) is 4.06. The predicted molar refractivity (Wildman–Crippen MR) is 86.1 cm³/mol. The Hall–Kier alpha value is -1.15. The van der Waals surface area contributed by atoms with E-state index < -0.39 is 0 Å². The molecule has 2 aromatic carbocycles. The van der Waals surface area contributed by atoms with Crippen LogP contribution in [0, 0.1) is 9.39 Å². The molecule has 0 saturated carbocycles. The Balaban J connectivity index is 2.08. The van der Waals surface area contributed by atoms with Crippen LogP contribution in [0.25, 0.3) is 0 Å². The highest BCUT2D eigenvalue weighted by molar-refractivity contribution is 14.1. The second kappa shape index (κ2) is 6.53. The first-order chi connectivity index (χ1) is 9.47. The number of phenols is 1. The summed E-state index contributed by atoms with van der Waals surface area (Å²) in [6.45, 7) is 0.0802. The Bertz CT molecular complexity index is 664. The largest absolute Gasteiger partial charge is 0.507 e. The fourth-order valence-corrected chi connectivity index (χ4v) is 2.35. The summed E-state index contributed by atoms with van der Waals surface area (Å²) in [4.78, 5) is 11.9. The third-order valence-electron chi connectivity index (χ3n) is 2.66. The number of rotatable bonds is 3. The van der Waals surface area contributed by atoms with Gasteiger partial charge in [-0.15, -0.1) is 0 Å². The Labute approximate surface area is 137 Å². The summed E-state index contributed by atoms with van der Waals surface area (Å²) in [6.07, 6.45) is 0. The predicted octanol–water partition coefficient (Wildman–Crippen LogP) is 3.83. The van der Waals surface area contributed by atoms with Crippen molar-refractivity contribution in [3.8, 4) is 5.75 Å². The molecule has 0 aliphatic heterocycles. The molecule has 0 spiro atoms. The molecule has 0 aromatic heterocycles. The van der Waals surface area contributed by atoms with Gasteiger partial charge in [-0.25, -0.2) is 4.39 Å². The van der Waals surface area contributed by atoms with Crippen LogP contribution >= 0.6 is 38.5 Å². The van der Waals surface area contributed by atoms with Gasteiger partial charge in [0.25, 0.3) is 5.91 Å². The second-order valence-electron chi connectivity index (χ2n) is 4.08. The van der Waals surface area contributed by atoms with Crippen molar-refractivity contribution in [1.82, 2.24) is 5.32 Å². The SMILES string of the molecule is O=C(NCc1cc(Br)ccc1F)c1ccc(I)c(O)c1. The van der Waals surface area contributed by atoms with Gasteiger partial charge in [0.15, 0.2) is 0 Å². The van der Waals surface area contributed by atoms with E-state index in [1.54, 1.807) is 24.3 Å². The van der Waals surface area contributed by atoms with Crippen molar-refractivity contribution < 1.29 is 14.3 Å². The molecular weight excluding hydrogens is 440 g/mol. The minimum Gasteiger partial charge on any atom is -0.507 e. The number of halogens is 3. The van der Waals surface area contributed by atoms with Crippen LogP contribution in [0.2, 0.25) is 0 Å². The van der Waals surface area contributed by atoms with Gasteiger partial charge < -0.3 is 10.4 Å². The van der Waals surface area contributed by atoms with Crippen molar-refractivity contribution in [3.63, 3.8) is 0 Å². The molecule has 0 radical (unpaired) electrons. The van der Waals surface area contributed by atoms with Crippen LogP contribution in [-0.4, -0.2) is 11.0 Å². The molecule has 0 aliphatic carbocycles. The second-order valence-corrected chi connectivity index (χ2v) is 6.16. The first kappa shape index (κ1) is 15.2. The topological polar surface area (TPSA) is 49.3 Å². The Morgan fingerprint density at radius 3 is 2.75 bits per heavy atom. The maximum Gasteiger partial charge on any atom is 0.251 e. The van der Waals surface area contributed by atoms with Crippen LogP contribution < -0.4 is 5.32 Å². The molecular formula is C14H10BrFINO2. The average molecular weight is 450 g/mol. The highest BCUT2D eigenvalue weighted by atomic mass is 127. The molecule has 0 bridgehead atoms. The molecule has 1 amide bonds. The van der Waals surface area contributed by atoms with Gasteiger partial charge in [-0.05, 0) is 59.0 Å². The highest BCUT2D eigenvalue weighted by Crippen LogP contribution is 2.20. The van der Waals surface area contributed by atoms with E-state index in [4.69, 9.17) is 0 Å². The molecule has 2 rings (SSSR count). The lowest BCUT2D eigenvalue weighted by atomic mass is 10.2. The zero-order valence-corrected chi connectivity index (χ0v) is 13.9. The average Bonchev–Trinajstić information content (AvgIpc) is 2.42. The molecule has 0 fully saturated rings. The summed E-state index contributed by atoms with van der Waals surface area (Å²) in [5, 5.41) is 12.2. The van der Waals surface area contributed by atoms with Gasteiger partial charge >= 0.3 is 0 Å². The van der Waals surface area contributed by atoms with Gasteiger partial charge in [0, 0.05) is 22.1 Å². The summed E-state index contributed by atoms with van der Waals surface area (Å²) in [7, 11) is 0. The Kier molecular flexibility index (Phi) is 4.98. The van der Waals surface area contributed by atoms with Crippen LogP contribution in [0.15, 0.2) is 40.9 Å². The number of benzene rings is 2. The van der Waals surface area contributed by atoms with E-state index >= 15 is 0 Å². The molecule has 6 heteroatoms. The molecule has 20 heavy (non-hydrogen) atoms. The van der Waals surface area contributed by atoms with Crippen LogP contribution in [0.4, 0.5) is 4.39 Å². The lowest BCUT2D eigenvalue weighted by molar-refractivity contribution is 0.0950. The molecule has 0 atom stereocenters. The normalized spacial score (nSPS) is 10.3. The smallest absolute Gasteiger partial charge is 0.251 e. The van der Waals surface area contributed by atoms with E-state index in [0.29, 0.717) is 14.7 Å². The first-order valence-corrected chi connectivity index (χ1v) is 7.55. The van der Waals surface area contributed by atoms with E-state index in [-0.39, 0.29) is 24.0 Å². The summed E-state index contributed by atoms with van der Waals surface area (Å²) in [5.74, 6) is -0.693. The van der Waals surface area contributed by atoms with E-state index in [1.165, 1.54) is 12.1 Å². The maximum atomic E-state index is 13.5. The third kappa shape index (κ3) is 3.69. The quantitative estimate of drug-likeness (QED) is 0.699. The van der Waals surface area contributed by atoms with Crippen molar-refractivity contribution >= 4 is 44.4 Å². The minimum atomic E-state index is -0.376. The fraction of sp³-hybridized carbons (Fsp3) is 0.0714.